The second kappa shape index (κ2) is 9.59. The lowest BCUT2D eigenvalue weighted by molar-refractivity contribution is -0.112. The first-order valence-electron chi connectivity index (χ1n) is 9.02. The number of hydrogen-bond donors (Lipinski definition) is 1. The summed E-state index contributed by atoms with van der Waals surface area (Å²) in [6, 6.07) is 24.3. The van der Waals surface area contributed by atoms with Crippen molar-refractivity contribution in [1.82, 2.24) is 0 Å². The number of benzene rings is 3. The molecule has 5 heteroatoms. The monoisotopic (exact) mass is 402 g/mol. The minimum atomic E-state index is -0.526. The Morgan fingerprint density at radius 1 is 1.07 bits per heavy atom. The summed E-state index contributed by atoms with van der Waals surface area (Å²) in [5.41, 5.74) is 2.94. The van der Waals surface area contributed by atoms with E-state index in [1.54, 1.807) is 24.3 Å². The third-order valence-electron chi connectivity index (χ3n) is 4.28. The zero-order valence-corrected chi connectivity index (χ0v) is 16.6. The van der Waals surface area contributed by atoms with E-state index in [9.17, 15) is 10.1 Å². The molecule has 29 heavy (non-hydrogen) atoms. The van der Waals surface area contributed by atoms with Gasteiger partial charge in [-0.15, -0.1) is 0 Å². The molecule has 144 valence electrons. The maximum atomic E-state index is 12.6. The molecule has 0 atom stereocenters. The van der Waals surface area contributed by atoms with Crippen LogP contribution in [0.3, 0.4) is 0 Å². The Hall–Kier alpha value is -3.55. The first-order chi connectivity index (χ1) is 14.1. The van der Waals surface area contributed by atoms with Crippen LogP contribution < -0.4 is 10.1 Å². The van der Waals surface area contributed by atoms with Gasteiger partial charge in [0.15, 0.2) is 0 Å². The molecule has 0 aliphatic carbocycles. The molecule has 0 aliphatic rings. The van der Waals surface area contributed by atoms with Crippen LogP contribution in [0.1, 0.15) is 16.7 Å². The average Bonchev–Trinajstić information content (AvgIpc) is 2.74. The van der Waals surface area contributed by atoms with E-state index in [-0.39, 0.29) is 5.57 Å². The van der Waals surface area contributed by atoms with Gasteiger partial charge in [-0.1, -0.05) is 72.3 Å². The molecule has 3 rings (SSSR count). The summed E-state index contributed by atoms with van der Waals surface area (Å²) in [6.07, 6.45) is 1.52. The predicted molar refractivity (Wildman–Crippen MR) is 116 cm³/mol. The quantitative estimate of drug-likeness (QED) is 0.420. The molecule has 0 bridgehead atoms. The van der Waals surface area contributed by atoms with Crippen molar-refractivity contribution < 1.29 is 9.53 Å². The summed E-state index contributed by atoms with van der Waals surface area (Å²) >= 11 is 6.17. The number of hydrogen-bond acceptors (Lipinski definition) is 3. The maximum Gasteiger partial charge on any atom is 0.266 e. The van der Waals surface area contributed by atoms with E-state index >= 15 is 0 Å². The average molecular weight is 403 g/mol. The molecule has 1 N–H and O–H groups in total. The summed E-state index contributed by atoms with van der Waals surface area (Å²) in [6.45, 7) is 2.22. The number of amides is 1. The van der Waals surface area contributed by atoms with E-state index in [4.69, 9.17) is 16.3 Å². The number of nitriles is 1. The Bertz CT molecular complexity index is 1070. The molecule has 0 radical (unpaired) electrons. The van der Waals surface area contributed by atoms with Gasteiger partial charge < -0.3 is 10.1 Å². The fourth-order valence-electron chi connectivity index (χ4n) is 2.74. The molecule has 0 heterocycles. The Balaban J connectivity index is 1.82. The molecule has 0 aromatic heterocycles. The highest BCUT2D eigenvalue weighted by Gasteiger charge is 2.14. The molecule has 3 aromatic carbocycles. The molecular formula is C24H19ClN2O2. The van der Waals surface area contributed by atoms with Crippen LogP contribution in [-0.4, -0.2) is 5.91 Å². The van der Waals surface area contributed by atoms with Crippen LogP contribution in [0, 0.1) is 18.3 Å². The largest absolute Gasteiger partial charge is 0.488 e. The minimum absolute atomic E-state index is 0.0416. The number of para-hydroxylation sites is 2. The molecular weight excluding hydrogens is 384 g/mol. The number of nitrogens with zero attached hydrogens (tertiary/aromatic N) is 1. The maximum absolute atomic E-state index is 12.6. The summed E-state index contributed by atoms with van der Waals surface area (Å²) in [5, 5.41) is 12.7. The highest BCUT2D eigenvalue weighted by molar-refractivity contribution is 6.34. The van der Waals surface area contributed by atoms with Gasteiger partial charge in [0.05, 0.1) is 10.7 Å². The number of carbonyl (C=O) groups excluding carboxylic acids is 1. The van der Waals surface area contributed by atoms with Crippen LogP contribution in [0.5, 0.6) is 5.75 Å². The molecule has 0 saturated heterocycles. The number of nitrogens with one attached hydrogen (secondary N) is 1. The Morgan fingerprint density at radius 2 is 1.79 bits per heavy atom. The lowest BCUT2D eigenvalue weighted by Crippen LogP contribution is -2.14. The second-order valence-corrected chi connectivity index (χ2v) is 6.77. The molecule has 4 nitrogen and oxygen atoms in total. The van der Waals surface area contributed by atoms with Crippen molar-refractivity contribution in [3.8, 4) is 11.8 Å². The topological polar surface area (TPSA) is 62.1 Å². The minimum Gasteiger partial charge on any atom is -0.488 e. The van der Waals surface area contributed by atoms with Gasteiger partial charge in [0.2, 0.25) is 0 Å². The van der Waals surface area contributed by atoms with Crippen LogP contribution in [0.25, 0.3) is 6.08 Å². The van der Waals surface area contributed by atoms with Crippen molar-refractivity contribution >= 4 is 29.3 Å². The van der Waals surface area contributed by atoms with E-state index in [2.05, 4.69) is 5.32 Å². The summed E-state index contributed by atoms with van der Waals surface area (Å²) in [4.78, 5) is 12.6. The molecule has 0 spiro atoms. The van der Waals surface area contributed by atoms with Crippen molar-refractivity contribution in [2.45, 2.75) is 13.5 Å². The summed E-state index contributed by atoms with van der Waals surface area (Å²) < 4.78 is 5.90. The normalized spacial score (nSPS) is 10.9. The lowest BCUT2D eigenvalue weighted by atomic mass is 10.1. The third kappa shape index (κ3) is 5.25. The number of anilines is 1. The van der Waals surface area contributed by atoms with Gasteiger partial charge in [0.25, 0.3) is 5.91 Å². The van der Waals surface area contributed by atoms with Gasteiger partial charge in [0, 0.05) is 5.56 Å². The van der Waals surface area contributed by atoms with Crippen LogP contribution in [0.4, 0.5) is 5.69 Å². The summed E-state index contributed by atoms with van der Waals surface area (Å²) in [7, 11) is 0. The van der Waals surface area contributed by atoms with Crippen LogP contribution in [-0.2, 0) is 11.4 Å². The lowest BCUT2D eigenvalue weighted by Gasteiger charge is -2.11. The zero-order chi connectivity index (χ0) is 20.6. The van der Waals surface area contributed by atoms with Crippen molar-refractivity contribution in [2.24, 2.45) is 0 Å². The third-order valence-corrected chi connectivity index (χ3v) is 4.60. The van der Waals surface area contributed by atoms with Gasteiger partial charge in [-0.3, -0.25) is 4.79 Å². The van der Waals surface area contributed by atoms with E-state index in [1.165, 1.54) is 6.08 Å². The molecule has 0 fully saturated rings. The van der Waals surface area contributed by atoms with Gasteiger partial charge in [-0.2, -0.15) is 5.26 Å². The molecule has 0 unspecified atom stereocenters. The van der Waals surface area contributed by atoms with Crippen molar-refractivity contribution in [2.75, 3.05) is 5.32 Å². The van der Waals surface area contributed by atoms with Crippen molar-refractivity contribution in [3.05, 3.63) is 100 Å². The van der Waals surface area contributed by atoms with Crippen LogP contribution >= 0.6 is 11.6 Å². The predicted octanol–water partition coefficient (Wildman–Crippen LogP) is 5.77. The zero-order valence-electron chi connectivity index (χ0n) is 15.9. The molecule has 0 saturated carbocycles. The van der Waals surface area contributed by atoms with Gasteiger partial charge in [0.1, 0.15) is 24.0 Å². The fraction of sp³-hybridized carbons (Fsp3) is 0.0833. The Kier molecular flexibility index (Phi) is 6.67. The van der Waals surface area contributed by atoms with Crippen molar-refractivity contribution in [3.63, 3.8) is 0 Å². The highest BCUT2D eigenvalue weighted by atomic mass is 35.5. The van der Waals surface area contributed by atoms with Crippen LogP contribution in [0.15, 0.2) is 78.4 Å². The van der Waals surface area contributed by atoms with Crippen LogP contribution in [0.2, 0.25) is 5.02 Å². The number of ether oxygens (including phenoxy) is 1. The van der Waals surface area contributed by atoms with Gasteiger partial charge >= 0.3 is 0 Å². The second-order valence-electron chi connectivity index (χ2n) is 6.37. The number of carbonyl (C=O) groups is 1. The number of halogens is 1. The smallest absolute Gasteiger partial charge is 0.266 e. The van der Waals surface area contributed by atoms with E-state index < -0.39 is 5.91 Å². The Morgan fingerprint density at radius 3 is 2.52 bits per heavy atom. The summed E-state index contributed by atoms with van der Waals surface area (Å²) in [5.74, 6) is 0.0624. The van der Waals surface area contributed by atoms with E-state index in [1.807, 2.05) is 61.5 Å². The van der Waals surface area contributed by atoms with Gasteiger partial charge in [-0.05, 0) is 36.3 Å². The van der Waals surface area contributed by atoms with E-state index in [0.29, 0.717) is 28.6 Å². The van der Waals surface area contributed by atoms with Crippen molar-refractivity contribution in [1.29, 1.82) is 5.26 Å². The first kappa shape index (κ1) is 20.2. The molecule has 0 aliphatic heterocycles. The molecule has 3 aromatic rings. The first-order valence-corrected chi connectivity index (χ1v) is 9.40. The van der Waals surface area contributed by atoms with E-state index in [0.717, 1.165) is 11.1 Å². The van der Waals surface area contributed by atoms with Gasteiger partial charge in [-0.25, -0.2) is 0 Å². The number of rotatable bonds is 6. The molecule has 1 amide bonds. The standard InChI is InChI=1S/C24H19ClN2O2/c1-17-8-7-12-21(25)23(17)27-24(28)20(15-26)14-19-11-5-6-13-22(19)29-16-18-9-3-2-4-10-18/h2-14H,16H2,1H3,(H,27,28)/b20-14+. The fourth-order valence-corrected chi connectivity index (χ4v) is 3.01. The Labute approximate surface area is 175 Å². The number of aryl methyl sites for hydroxylation is 1. The highest BCUT2D eigenvalue weighted by Crippen LogP contribution is 2.27. The SMILES string of the molecule is Cc1cccc(Cl)c1NC(=O)/C(C#N)=C/c1ccccc1OCc1ccccc1.